The number of hydrogen-bond acceptors (Lipinski definition) is 6. The van der Waals surface area contributed by atoms with Gasteiger partial charge < -0.3 is 9.15 Å². The van der Waals surface area contributed by atoms with Crippen molar-refractivity contribution in [1.82, 2.24) is 19.9 Å². The molecule has 4 rings (SSSR count). The number of rotatable bonds is 4. The van der Waals surface area contributed by atoms with Gasteiger partial charge in [0.1, 0.15) is 12.1 Å². The van der Waals surface area contributed by atoms with Crippen LogP contribution in [0.25, 0.3) is 11.5 Å². The normalized spacial score (nSPS) is 14.3. The third-order valence-corrected chi connectivity index (χ3v) is 4.52. The molecule has 0 radical (unpaired) electrons. The average molecular weight is 336 g/mol. The van der Waals surface area contributed by atoms with Crippen LogP contribution in [-0.4, -0.2) is 33.5 Å². The molecule has 2 aromatic heterocycles. The van der Waals surface area contributed by atoms with Crippen LogP contribution in [0.5, 0.6) is 5.88 Å². The molecule has 1 aliphatic rings. The minimum absolute atomic E-state index is 0.663. The molecule has 0 spiro atoms. The number of methoxy groups -OCH3 is 1. The van der Waals surface area contributed by atoms with Gasteiger partial charge in [-0.2, -0.15) is 0 Å². The van der Waals surface area contributed by atoms with Gasteiger partial charge in [0.25, 0.3) is 0 Å². The summed E-state index contributed by atoms with van der Waals surface area (Å²) in [6, 6.07) is 9.98. The molecule has 0 amide bonds. The molecule has 3 heterocycles. The molecule has 6 heteroatoms. The lowest BCUT2D eigenvalue weighted by Gasteiger charge is -2.27. The second kappa shape index (κ2) is 6.64. The van der Waals surface area contributed by atoms with Gasteiger partial charge in [-0.05, 0) is 19.1 Å². The van der Waals surface area contributed by atoms with E-state index in [1.54, 1.807) is 13.4 Å². The number of hydrogen-bond donors (Lipinski definition) is 0. The Labute approximate surface area is 146 Å². The topological polar surface area (TPSA) is 64.3 Å². The Morgan fingerprint density at radius 3 is 2.84 bits per heavy atom. The molecule has 0 atom stereocenters. The predicted octanol–water partition coefficient (Wildman–Crippen LogP) is 3.01. The fourth-order valence-corrected chi connectivity index (χ4v) is 3.17. The van der Waals surface area contributed by atoms with Crippen molar-refractivity contribution in [3.8, 4) is 17.3 Å². The molecule has 0 saturated carbocycles. The van der Waals surface area contributed by atoms with Crippen molar-refractivity contribution >= 4 is 0 Å². The van der Waals surface area contributed by atoms with Gasteiger partial charge in [-0.3, -0.25) is 4.90 Å². The fourth-order valence-electron chi connectivity index (χ4n) is 3.17. The first-order chi connectivity index (χ1) is 12.2. The van der Waals surface area contributed by atoms with Gasteiger partial charge >= 0.3 is 0 Å². The van der Waals surface area contributed by atoms with Crippen molar-refractivity contribution in [3.63, 3.8) is 0 Å². The van der Waals surface area contributed by atoms with E-state index in [0.717, 1.165) is 54.3 Å². The second-order valence-electron chi connectivity index (χ2n) is 6.16. The Balaban J connectivity index is 1.54. The first-order valence-electron chi connectivity index (χ1n) is 8.35. The first kappa shape index (κ1) is 15.8. The maximum Gasteiger partial charge on any atom is 0.226 e. The van der Waals surface area contributed by atoms with Gasteiger partial charge in [-0.15, -0.1) is 0 Å². The highest BCUT2D eigenvalue weighted by molar-refractivity contribution is 5.53. The highest BCUT2D eigenvalue weighted by Crippen LogP contribution is 2.27. The third-order valence-electron chi connectivity index (χ3n) is 4.52. The maximum atomic E-state index is 5.87. The fraction of sp³-hybridized carbons (Fsp3) is 0.316. The Hall–Kier alpha value is -2.73. The van der Waals surface area contributed by atoms with Crippen molar-refractivity contribution in [2.45, 2.75) is 26.4 Å². The number of aromatic nitrogens is 3. The number of nitrogens with zero attached hydrogens (tertiary/aromatic N) is 4. The van der Waals surface area contributed by atoms with Gasteiger partial charge in [-0.25, -0.2) is 15.0 Å². The quantitative estimate of drug-likeness (QED) is 0.730. The molecule has 0 N–H and O–H groups in total. The lowest BCUT2D eigenvalue weighted by Crippen LogP contribution is -2.31. The number of oxazole rings is 1. The number of fused-ring (bicyclic) bond motifs is 1. The maximum absolute atomic E-state index is 5.87. The molecule has 0 bridgehead atoms. The highest BCUT2D eigenvalue weighted by atomic mass is 16.5. The SMILES string of the molecule is COc1ncnc2c1CN(Cc1nc(-c3ccccc3)oc1C)CC2. The standard InChI is InChI=1S/C19H20N4O2/c1-13-17(22-18(25-13)14-6-4-3-5-7-14)11-23-9-8-16-15(10-23)19(24-2)21-12-20-16/h3-7,12H,8-11H2,1-2H3. The third kappa shape index (κ3) is 3.13. The van der Waals surface area contributed by atoms with Crippen molar-refractivity contribution < 1.29 is 9.15 Å². The van der Waals surface area contributed by atoms with Crippen LogP contribution in [0, 0.1) is 6.92 Å². The van der Waals surface area contributed by atoms with E-state index in [2.05, 4.69) is 14.9 Å². The lowest BCUT2D eigenvalue weighted by atomic mass is 10.1. The molecule has 6 nitrogen and oxygen atoms in total. The Morgan fingerprint density at radius 1 is 1.20 bits per heavy atom. The smallest absolute Gasteiger partial charge is 0.226 e. The van der Waals surface area contributed by atoms with Gasteiger partial charge in [0, 0.05) is 37.2 Å². The van der Waals surface area contributed by atoms with Crippen LogP contribution in [-0.2, 0) is 19.5 Å². The summed E-state index contributed by atoms with van der Waals surface area (Å²) >= 11 is 0. The summed E-state index contributed by atoms with van der Waals surface area (Å²) in [5, 5.41) is 0. The molecule has 0 saturated heterocycles. The summed E-state index contributed by atoms with van der Waals surface area (Å²) in [7, 11) is 1.65. The molecular weight excluding hydrogens is 316 g/mol. The van der Waals surface area contributed by atoms with Crippen molar-refractivity contribution in [1.29, 1.82) is 0 Å². The van der Waals surface area contributed by atoms with E-state index in [9.17, 15) is 0 Å². The molecular formula is C19H20N4O2. The zero-order valence-corrected chi connectivity index (χ0v) is 14.4. The van der Waals surface area contributed by atoms with Gasteiger partial charge in [0.05, 0.1) is 18.5 Å². The summed E-state index contributed by atoms with van der Waals surface area (Å²) in [6.07, 6.45) is 2.46. The average Bonchev–Trinajstić information content (AvgIpc) is 3.02. The first-order valence-corrected chi connectivity index (χ1v) is 8.35. The van der Waals surface area contributed by atoms with Crippen LogP contribution in [0.4, 0.5) is 0 Å². The Bertz CT molecular complexity index is 862. The summed E-state index contributed by atoms with van der Waals surface area (Å²) < 4.78 is 11.3. The predicted molar refractivity (Wildman–Crippen MR) is 93.1 cm³/mol. The van der Waals surface area contributed by atoms with Crippen LogP contribution in [0.3, 0.4) is 0 Å². The monoisotopic (exact) mass is 336 g/mol. The zero-order valence-electron chi connectivity index (χ0n) is 14.4. The number of ether oxygens (including phenoxy) is 1. The van der Waals surface area contributed by atoms with Crippen LogP contribution < -0.4 is 4.74 Å². The van der Waals surface area contributed by atoms with Gasteiger partial charge in [0.15, 0.2) is 0 Å². The van der Waals surface area contributed by atoms with Crippen molar-refractivity contribution in [2.75, 3.05) is 13.7 Å². The van der Waals surface area contributed by atoms with E-state index in [1.165, 1.54) is 0 Å². The number of aryl methyl sites for hydroxylation is 1. The van der Waals surface area contributed by atoms with E-state index in [1.807, 2.05) is 37.3 Å². The molecule has 0 fully saturated rings. The van der Waals surface area contributed by atoms with E-state index in [-0.39, 0.29) is 0 Å². The van der Waals surface area contributed by atoms with Crippen LogP contribution in [0.2, 0.25) is 0 Å². The van der Waals surface area contributed by atoms with E-state index < -0.39 is 0 Å². The van der Waals surface area contributed by atoms with E-state index >= 15 is 0 Å². The van der Waals surface area contributed by atoms with Crippen molar-refractivity contribution in [2.24, 2.45) is 0 Å². The van der Waals surface area contributed by atoms with E-state index in [4.69, 9.17) is 14.1 Å². The van der Waals surface area contributed by atoms with Crippen LogP contribution in [0.15, 0.2) is 41.1 Å². The Morgan fingerprint density at radius 2 is 2.04 bits per heavy atom. The summed E-state index contributed by atoms with van der Waals surface area (Å²) in [6.45, 7) is 4.39. The zero-order chi connectivity index (χ0) is 17.2. The number of benzene rings is 1. The largest absolute Gasteiger partial charge is 0.481 e. The molecule has 1 aliphatic heterocycles. The minimum atomic E-state index is 0.663. The Kier molecular flexibility index (Phi) is 4.19. The highest BCUT2D eigenvalue weighted by Gasteiger charge is 2.23. The molecule has 25 heavy (non-hydrogen) atoms. The lowest BCUT2D eigenvalue weighted by molar-refractivity contribution is 0.232. The summed E-state index contributed by atoms with van der Waals surface area (Å²) in [4.78, 5) is 15.6. The molecule has 3 aromatic rings. The molecule has 1 aromatic carbocycles. The van der Waals surface area contributed by atoms with Gasteiger partial charge in [0.2, 0.25) is 11.8 Å². The van der Waals surface area contributed by atoms with Crippen LogP contribution >= 0.6 is 0 Å². The minimum Gasteiger partial charge on any atom is -0.481 e. The van der Waals surface area contributed by atoms with E-state index in [0.29, 0.717) is 11.8 Å². The molecule has 128 valence electrons. The van der Waals surface area contributed by atoms with Crippen molar-refractivity contribution in [3.05, 3.63) is 59.4 Å². The van der Waals surface area contributed by atoms with Crippen LogP contribution in [0.1, 0.15) is 22.7 Å². The van der Waals surface area contributed by atoms with Gasteiger partial charge in [-0.1, -0.05) is 18.2 Å². The second-order valence-corrected chi connectivity index (χ2v) is 6.16. The molecule has 0 unspecified atom stereocenters. The summed E-state index contributed by atoms with van der Waals surface area (Å²) in [5.41, 5.74) is 4.11. The molecule has 0 aliphatic carbocycles. The summed E-state index contributed by atoms with van der Waals surface area (Å²) in [5.74, 6) is 2.20.